The predicted molar refractivity (Wildman–Crippen MR) is 147 cm³/mol. The Kier molecular flexibility index (Phi) is 6.47. The van der Waals surface area contributed by atoms with Gasteiger partial charge < -0.3 is 4.74 Å². The third-order valence-electron chi connectivity index (χ3n) is 5.86. The van der Waals surface area contributed by atoms with Gasteiger partial charge in [0, 0.05) is 6.20 Å². The van der Waals surface area contributed by atoms with Gasteiger partial charge in [0.25, 0.3) is 11.5 Å². The Hall–Kier alpha value is -3.75. The highest BCUT2D eigenvalue weighted by Crippen LogP contribution is 2.35. The second-order valence-corrected chi connectivity index (χ2v) is 10.4. The number of pyridine rings is 1. The summed E-state index contributed by atoms with van der Waals surface area (Å²) in [6.07, 6.45) is 3.21. The van der Waals surface area contributed by atoms with E-state index in [-0.39, 0.29) is 22.9 Å². The van der Waals surface area contributed by atoms with E-state index < -0.39 is 0 Å². The van der Waals surface area contributed by atoms with E-state index in [2.05, 4.69) is 4.98 Å². The molecule has 0 bridgehead atoms. The number of thiocarbonyl (C=S) groups is 1. The lowest BCUT2D eigenvalue weighted by atomic mass is 10.1. The molecule has 0 saturated carbocycles. The molecule has 1 aliphatic heterocycles. The van der Waals surface area contributed by atoms with Crippen LogP contribution in [0.25, 0.3) is 11.7 Å². The molecule has 0 radical (unpaired) electrons. The number of aromatic nitrogens is 2. The molecule has 0 N–H and O–H groups in total. The van der Waals surface area contributed by atoms with Crippen LogP contribution in [0, 0.1) is 20.8 Å². The number of carbonyl (C=O) groups excluding carboxylic acids is 1. The fraction of sp³-hybridized carbons (Fsp3) is 0.143. The average molecular weight is 514 g/mol. The zero-order chi connectivity index (χ0) is 25.4. The van der Waals surface area contributed by atoms with E-state index in [1.54, 1.807) is 29.3 Å². The summed E-state index contributed by atoms with van der Waals surface area (Å²) >= 11 is 6.68. The van der Waals surface area contributed by atoms with Crippen LogP contribution in [0.2, 0.25) is 0 Å². The van der Waals surface area contributed by atoms with Gasteiger partial charge in [0.15, 0.2) is 0 Å². The Morgan fingerprint density at radius 3 is 2.53 bits per heavy atom. The predicted octanol–water partition coefficient (Wildman–Crippen LogP) is 5.81. The van der Waals surface area contributed by atoms with E-state index in [9.17, 15) is 9.59 Å². The van der Waals surface area contributed by atoms with Gasteiger partial charge in [-0.2, -0.15) is 4.98 Å². The highest BCUT2D eigenvalue weighted by Gasteiger charge is 2.33. The van der Waals surface area contributed by atoms with Crippen molar-refractivity contribution in [1.82, 2.24) is 14.3 Å². The van der Waals surface area contributed by atoms with Crippen LogP contribution in [-0.4, -0.2) is 24.5 Å². The number of fused-ring (bicyclic) bond motifs is 1. The highest BCUT2D eigenvalue weighted by atomic mass is 32.2. The molecule has 0 aliphatic carbocycles. The second kappa shape index (κ2) is 9.72. The van der Waals surface area contributed by atoms with Crippen molar-refractivity contribution >= 4 is 45.9 Å². The lowest BCUT2D eigenvalue weighted by molar-refractivity contribution is -0.122. The molecule has 4 aromatic rings. The molecular formula is C28H23N3O3S2. The average Bonchev–Trinajstić information content (AvgIpc) is 3.11. The minimum Gasteiger partial charge on any atom is -0.438 e. The summed E-state index contributed by atoms with van der Waals surface area (Å²) in [5.74, 6) is 0.450. The third-order valence-corrected chi connectivity index (χ3v) is 7.24. The minimum atomic E-state index is -0.324. The van der Waals surface area contributed by atoms with Crippen molar-refractivity contribution in [2.45, 2.75) is 27.3 Å². The largest absolute Gasteiger partial charge is 0.438 e. The van der Waals surface area contributed by atoms with Crippen molar-refractivity contribution < 1.29 is 9.53 Å². The topological polar surface area (TPSA) is 63.9 Å². The Morgan fingerprint density at radius 2 is 1.78 bits per heavy atom. The fourth-order valence-corrected chi connectivity index (χ4v) is 5.16. The van der Waals surface area contributed by atoms with E-state index in [1.165, 1.54) is 16.2 Å². The molecule has 2 aromatic heterocycles. The zero-order valence-electron chi connectivity index (χ0n) is 20.0. The van der Waals surface area contributed by atoms with E-state index >= 15 is 0 Å². The number of benzene rings is 2. The van der Waals surface area contributed by atoms with E-state index in [0.717, 1.165) is 22.3 Å². The molecule has 36 heavy (non-hydrogen) atoms. The normalized spacial score (nSPS) is 14.8. The van der Waals surface area contributed by atoms with Gasteiger partial charge in [0.2, 0.25) is 5.88 Å². The number of carbonyl (C=O) groups is 1. The number of nitrogens with zero attached hydrogens (tertiary/aromatic N) is 3. The first-order chi connectivity index (χ1) is 17.3. The van der Waals surface area contributed by atoms with Crippen LogP contribution >= 0.6 is 24.0 Å². The molecular weight excluding hydrogens is 490 g/mol. The first kappa shape index (κ1) is 24.0. The molecule has 3 heterocycles. The van der Waals surface area contributed by atoms with Gasteiger partial charge in [-0.05, 0) is 61.7 Å². The molecule has 0 spiro atoms. The van der Waals surface area contributed by atoms with Crippen LogP contribution in [0.4, 0.5) is 0 Å². The first-order valence-corrected chi connectivity index (χ1v) is 12.6. The van der Waals surface area contributed by atoms with Gasteiger partial charge in [-0.3, -0.25) is 18.9 Å². The molecule has 8 heteroatoms. The van der Waals surface area contributed by atoms with Crippen LogP contribution in [0.5, 0.6) is 11.6 Å². The number of ether oxygens (including phenoxy) is 1. The SMILES string of the molecule is Cc1ccc(CN2C(=O)/C(=C\c3c(Oc4cccc(C)c4)nc4c(C)cccn4c3=O)SC2=S)cc1. The van der Waals surface area contributed by atoms with Crippen LogP contribution in [0.1, 0.15) is 27.8 Å². The minimum absolute atomic E-state index is 0.142. The van der Waals surface area contributed by atoms with E-state index in [0.29, 0.717) is 27.2 Å². The second-order valence-electron chi connectivity index (χ2n) is 8.69. The maximum absolute atomic E-state index is 13.6. The molecule has 0 atom stereocenters. The summed E-state index contributed by atoms with van der Waals surface area (Å²) in [5.41, 5.74) is 4.33. The van der Waals surface area contributed by atoms with Crippen molar-refractivity contribution in [1.29, 1.82) is 0 Å². The van der Waals surface area contributed by atoms with Gasteiger partial charge in [0.05, 0.1) is 11.4 Å². The Balaban J connectivity index is 1.58. The number of amides is 1. The molecule has 1 amide bonds. The quantitative estimate of drug-likeness (QED) is 0.248. The lowest BCUT2D eigenvalue weighted by Crippen LogP contribution is -2.27. The monoisotopic (exact) mass is 513 g/mol. The number of aryl methyl sites for hydroxylation is 3. The van der Waals surface area contributed by atoms with E-state index in [4.69, 9.17) is 17.0 Å². The first-order valence-electron chi connectivity index (χ1n) is 11.4. The Morgan fingerprint density at radius 1 is 1.00 bits per heavy atom. The zero-order valence-corrected chi connectivity index (χ0v) is 21.7. The molecule has 1 saturated heterocycles. The summed E-state index contributed by atoms with van der Waals surface area (Å²) in [5, 5.41) is 0. The summed E-state index contributed by atoms with van der Waals surface area (Å²) in [6, 6.07) is 19.1. The summed E-state index contributed by atoms with van der Waals surface area (Å²) in [6.45, 7) is 6.22. The Bertz CT molecular complexity index is 1610. The van der Waals surface area contributed by atoms with Gasteiger partial charge >= 0.3 is 0 Å². The maximum Gasteiger partial charge on any atom is 0.269 e. The van der Waals surface area contributed by atoms with Gasteiger partial charge in [-0.1, -0.05) is 72.0 Å². The molecule has 0 unspecified atom stereocenters. The number of hydrogen-bond acceptors (Lipinski definition) is 6. The van der Waals surface area contributed by atoms with Crippen molar-refractivity contribution in [2.24, 2.45) is 0 Å². The van der Waals surface area contributed by atoms with Gasteiger partial charge in [-0.15, -0.1) is 0 Å². The van der Waals surface area contributed by atoms with Crippen LogP contribution < -0.4 is 10.3 Å². The molecule has 6 nitrogen and oxygen atoms in total. The Labute approximate surface area is 218 Å². The van der Waals surface area contributed by atoms with Gasteiger partial charge in [0.1, 0.15) is 21.3 Å². The summed E-state index contributed by atoms with van der Waals surface area (Å²) in [4.78, 5) is 33.5. The fourth-order valence-electron chi connectivity index (χ4n) is 3.93. The van der Waals surface area contributed by atoms with Gasteiger partial charge in [-0.25, -0.2) is 0 Å². The summed E-state index contributed by atoms with van der Waals surface area (Å²) < 4.78 is 8.02. The number of hydrogen-bond donors (Lipinski definition) is 0. The number of rotatable bonds is 5. The molecule has 1 fully saturated rings. The molecule has 1 aliphatic rings. The van der Waals surface area contributed by atoms with Crippen molar-refractivity contribution in [3.63, 3.8) is 0 Å². The van der Waals surface area contributed by atoms with Crippen molar-refractivity contribution in [3.05, 3.63) is 110 Å². The van der Waals surface area contributed by atoms with E-state index in [1.807, 2.05) is 69.3 Å². The summed E-state index contributed by atoms with van der Waals surface area (Å²) in [7, 11) is 0. The van der Waals surface area contributed by atoms with Crippen LogP contribution in [0.3, 0.4) is 0 Å². The smallest absolute Gasteiger partial charge is 0.269 e. The highest BCUT2D eigenvalue weighted by molar-refractivity contribution is 8.26. The van der Waals surface area contributed by atoms with Crippen LogP contribution in [0.15, 0.2) is 76.6 Å². The maximum atomic E-state index is 13.6. The van der Waals surface area contributed by atoms with Crippen molar-refractivity contribution in [3.8, 4) is 11.6 Å². The molecule has 5 rings (SSSR count). The van der Waals surface area contributed by atoms with Crippen LogP contribution in [-0.2, 0) is 11.3 Å². The third kappa shape index (κ3) is 4.69. The molecule has 2 aromatic carbocycles. The van der Waals surface area contributed by atoms with Crippen molar-refractivity contribution in [2.75, 3.05) is 0 Å². The number of thioether (sulfide) groups is 1. The lowest BCUT2D eigenvalue weighted by Gasteiger charge is -2.14. The standard InChI is InChI=1S/C28H23N3O3S2/c1-17-9-11-20(12-10-17)16-31-27(33)23(36-28(31)35)15-22-25(34-21-8-4-6-18(2)14-21)29-24-19(3)7-5-13-30(24)26(22)32/h4-15H,16H2,1-3H3/b23-15+. The molecule has 180 valence electrons.